The third-order valence-corrected chi connectivity index (χ3v) is 3.76. The Balaban J connectivity index is 2.30. The number of methoxy groups -OCH3 is 1. The van der Waals surface area contributed by atoms with Crippen molar-refractivity contribution < 1.29 is 27.1 Å². The van der Waals surface area contributed by atoms with Gasteiger partial charge in [0, 0.05) is 11.8 Å². The fraction of sp³-hybridized carbons (Fsp3) is 0.727. The third-order valence-electron chi connectivity index (χ3n) is 3.76. The van der Waals surface area contributed by atoms with Gasteiger partial charge in [0.15, 0.2) is 0 Å². The van der Waals surface area contributed by atoms with E-state index in [0.29, 0.717) is 0 Å². The smallest absolute Gasteiger partial charge is 0.423 e. The zero-order valence-corrected chi connectivity index (χ0v) is 9.13. The fourth-order valence-electron chi connectivity index (χ4n) is 2.91. The van der Waals surface area contributed by atoms with Crippen molar-refractivity contribution in [1.29, 1.82) is 0 Å². The Morgan fingerprint density at radius 1 is 1.47 bits per heavy atom. The Kier molecular flexibility index (Phi) is 2.71. The maximum absolute atomic E-state index is 14.3. The summed E-state index contributed by atoms with van der Waals surface area (Å²) in [6, 6.07) is 0. The normalized spacial score (nSPS) is 39.7. The SMILES string of the molecule is COC(=O)CC1C2C=CC(C2)C1(F)C(F)(F)F. The average molecular weight is 252 g/mol. The van der Waals surface area contributed by atoms with Gasteiger partial charge in [0.05, 0.1) is 13.5 Å². The summed E-state index contributed by atoms with van der Waals surface area (Å²) in [6.07, 6.45) is -2.51. The molecule has 2 bridgehead atoms. The van der Waals surface area contributed by atoms with E-state index in [4.69, 9.17) is 0 Å². The Hall–Kier alpha value is -1.07. The predicted molar refractivity (Wildman–Crippen MR) is 50.8 cm³/mol. The summed E-state index contributed by atoms with van der Waals surface area (Å²) < 4.78 is 57.2. The molecule has 0 heterocycles. The standard InChI is InChI=1S/C11H12F4O2/c1-17-9(16)5-8-6-2-3-7(4-6)10(8,12)11(13,14)15/h2-3,6-8H,4-5H2,1H3. The minimum absolute atomic E-state index is 0.123. The molecule has 2 aliphatic rings. The average Bonchev–Trinajstić information content (AvgIpc) is 2.79. The van der Waals surface area contributed by atoms with Gasteiger partial charge < -0.3 is 4.74 Å². The van der Waals surface area contributed by atoms with Crippen LogP contribution < -0.4 is 0 Å². The first-order valence-electron chi connectivity index (χ1n) is 5.31. The summed E-state index contributed by atoms with van der Waals surface area (Å²) >= 11 is 0. The molecule has 2 nitrogen and oxygen atoms in total. The molecule has 4 atom stereocenters. The molecule has 96 valence electrons. The van der Waals surface area contributed by atoms with Crippen LogP contribution in [-0.4, -0.2) is 24.9 Å². The van der Waals surface area contributed by atoms with Crippen LogP contribution in [-0.2, 0) is 9.53 Å². The second-order valence-corrected chi connectivity index (χ2v) is 4.54. The Morgan fingerprint density at radius 2 is 2.12 bits per heavy atom. The molecule has 17 heavy (non-hydrogen) atoms. The Morgan fingerprint density at radius 3 is 2.65 bits per heavy atom. The molecule has 1 fully saturated rings. The molecule has 0 amide bonds. The zero-order valence-electron chi connectivity index (χ0n) is 9.13. The quantitative estimate of drug-likeness (QED) is 0.429. The number of ether oxygens (including phenoxy) is 1. The number of rotatable bonds is 2. The van der Waals surface area contributed by atoms with E-state index in [0.717, 1.165) is 7.11 Å². The summed E-state index contributed by atoms with van der Waals surface area (Å²) in [5, 5.41) is 0. The van der Waals surface area contributed by atoms with Gasteiger partial charge in [-0.15, -0.1) is 0 Å². The second kappa shape index (κ2) is 3.71. The molecule has 0 saturated heterocycles. The van der Waals surface area contributed by atoms with Crippen molar-refractivity contribution in [2.75, 3.05) is 7.11 Å². The van der Waals surface area contributed by atoms with Crippen molar-refractivity contribution in [1.82, 2.24) is 0 Å². The predicted octanol–water partition coefficient (Wildman–Crippen LogP) is 2.64. The van der Waals surface area contributed by atoms with Crippen LogP contribution in [0.5, 0.6) is 0 Å². The van der Waals surface area contributed by atoms with E-state index in [1.54, 1.807) is 6.08 Å². The summed E-state index contributed by atoms with van der Waals surface area (Å²) in [5.41, 5.74) is -3.29. The number of hydrogen-bond donors (Lipinski definition) is 0. The number of carbonyl (C=O) groups excluding carboxylic acids is 1. The van der Waals surface area contributed by atoms with Crippen LogP contribution in [0.4, 0.5) is 17.6 Å². The van der Waals surface area contributed by atoms with Crippen molar-refractivity contribution >= 4 is 5.97 Å². The largest absolute Gasteiger partial charge is 0.469 e. The summed E-state index contributed by atoms with van der Waals surface area (Å²) in [4.78, 5) is 11.1. The van der Waals surface area contributed by atoms with Crippen molar-refractivity contribution in [3.8, 4) is 0 Å². The van der Waals surface area contributed by atoms with Gasteiger partial charge in [-0.05, 0) is 12.3 Å². The van der Waals surface area contributed by atoms with Crippen LogP contribution in [0, 0.1) is 17.8 Å². The molecule has 0 aromatic heterocycles. The molecular formula is C11H12F4O2. The van der Waals surface area contributed by atoms with Crippen molar-refractivity contribution in [2.45, 2.75) is 24.7 Å². The number of allylic oxidation sites excluding steroid dienone is 2. The number of halogens is 4. The number of hydrogen-bond acceptors (Lipinski definition) is 2. The molecule has 4 unspecified atom stereocenters. The Bertz CT molecular complexity index is 363. The summed E-state index contributed by atoms with van der Waals surface area (Å²) in [6.45, 7) is 0. The maximum atomic E-state index is 14.3. The fourth-order valence-corrected chi connectivity index (χ4v) is 2.91. The van der Waals surface area contributed by atoms with Crippen LogP contribution in [0.3, 0.4) is 0 Å². The highest BCUT2D eigenvalue weighted by Gasteiger charge is 2.70. The van der Waals surface area contributed by atoms with E-state index in [1.165, 1.54) is 6.08 Å². The number of alkyl halides is 4. The molecule has 0 aromatic rings. The molecule has 1 saturated carbocycles. The lowest BCUT2D eigenvalue weighted by molar-refractivity contribution is -0.254. The molecule has 0 spiro atoms. The molecule has 6 heteroatoms. The van der Waals surface area contributed by atoms with E-state index in [9.17, 15) is 22.4 Å². The van der Waals surface area contributed by atoms with Gasteiger partial charge >= 0.3 is 12.1 Å². The number of carbonyl (C=O) groups is 1. The number of esters is 1. The lowest BCUT2D eigenvalue weighted by atomic mass is 9.78. The van der Waals surface area contributed by atoms with Crippen LogP contribution in [0.1, 0.15) is 12.8 Å². The maximum Gasteiger partial charge on any atom is 0.423 e. The lowest BCUT2D eigenvalue weighted by Gasteiger charge is -2.35. The van der Waals surface area contributed by atoms with Gasteiger partial charge in [-0.25, -0.2) is 4.39 Å². The first-order valence-corrected chi connectivity index (χ1v) is 5.31. The highest BCUT2D eigenvalue weighted by atomic mass is 19.4. The van der Waals surface area contributed by atoms with Crippen molar-refractivity contribution in [3.63, 3.8) is 0 Å². The van der Waals surface area contributed by atoms with E-state index >= 15 is 0 Å². The van der Waals surface area contributed by atoms with E-state index in [1.807, 2.05) is 0 Å². The third kappa shape index (κ3) is 1.65. The van der Waals surface area contributed by atoms with Gasteiger partial charge in [0.2, 0.25) is 5.67 Å². The molecule has 2 rings (SSSR count). The van der Waals surface area contributed by atoms with Crippen molar-refractivity contribution in [3.05, 3.63) is 12.2 Å². The second-order valence-electron chi connectivity index (χ2n) is 4.54. The van der Waals surface area contributed by atoms with E-state index in [-0.39, 0.29) is 6.42 Å². The highest BCUT2D eigenvalue weighted by Crippen LogP contribution is 2.60. The van der Waals surface area contributed by atoms with E-state index in [2.05, 4.69) is 4.74 Å². The van der Waals surface area contributed by atoms with Crippen LogP contribution in [0.25, 0.3) is 0 Å². The molecule has 2 aliphatic carbocycles. The van der Waals surface area contributed by atoms with Gasteiger partial charge in [-0.3, -0.25) is 4.79 Å². The molecule has 0 radical (unpaired) electrons. The molecule has 0 aromatic carbocycles. The zero-order chi connectivity index (χ0) is 12.8. The molecular weight excluding hydrogens is 240 g/mol. The monoisotopic (exact) mass is 252 g/mol. The minimum atomic E-state index is -4.95. The first-order chi connectivity index (χ1) is 7.80. The van der Waals surface area contributed by atoms with Gasteiger partial charge in [-0.2, -0.15) is 13.2 Å². The van der Waals surface area contributed by atoms with Crippen LogP contribution >= 0.6 is 0 Å². The lowest BCUT2D eigenvalue weighted by Crippen LogP contribution is -2.51. The van der Waals surface area contributed by atoms with Gasteiger partial charge in [-0.1, -0.05) is 12.2 Å². The van der Waals surface area contributed by atoms with Crippen molar-refractivity contribution in [2.24, 2.45) is 17.8 Å². The molecule has 0 aliphatic heterocycles. The molecule has 0 N–H and O–H groups in total. The van der Waals surface area contributed by atoms with E-state index < -0.39 is 42.0 Å². The van der Waals surface area contributed by atoms with Gasteiger partial charge in [0.25, 0.3) is 0 Å². The van der Waals surface area contributed by atoms with Gasteiger partial charge in [0.1, 0.15) is 0 Å². The summed E-state index contributed by atoms with van der Waals surface area (Å²) in [5.74, 6) is -3.85. The topological polar surface area (TPSA) is 26.3 Å². The highest BCUT2D eigenvalue weighted by molar-refractivity contribution is 5.70. The first kappa shape index (κ1) is 12.4. The van der Waals surface area contributed by atoms with Crippen LogP contribution in [0.15, 0.2) is 12.2 Å². The summed E-state index contributed by atoms with van der Waals surface area (Å²) in [7, 11) is 1.08. The Labute approximate surface area is 95.6 Å². The van der Waals surface area contributed by atoms with Crippen LogP contribution in [0.2, 0.25) is 0 Å². The minimum Gasteiger partial charge on any atom is -0.469 e. The number of fused-ring (bicyclic) bond motifs is 2.